The molecule has 274 valence electrons. The number of benzene rings is 9. The Labute approximate surface area is 340 Å². The molecule has 4 heteroatoms. The van der Waals surface area contributed by atoms with E-state index in [1.54, 1.807) is 0 Å². The maximum absolute atomic E-state index is 5.54. The second-order valence-electron chi connectivity index (χ2n) is 15.2. The van der Waals surface area contributed by atoms with E-state index in [1.165, 1.54) is 26.9 Å². The Kier molecular flexibility index (Phi) is 7.50. The van der Waals surface area contributed by atoms with Gasteiger partial charge in [-0.2, -0.15) is 0 Å². The molecule has 0 aliphatic heterocycles. The maximum atomic E-state index is 5.54. The molecule has 3 aromatic heterocycles. The first-order valence-electron chi connectivity index (χ1n) is 20.0. The van der Waals surface area contributed by atoms with E-state index < -0.39 is 0 Å². The van der Waals surface area contributed by atoms with Crippen LogP contribution in [0.5, 0.6) is 0 Å². The summed E-state index contributed by atoms with van der Waals surface area (Å²) in [4.78, 5) is 16.0. The van der Waals surface area contributed by atoms with E-state index in [4.69, 9.17) is 15.0 Å². The molecule has 9 aromatic carbocycles. The van der Waals surface area contributed by atoms with Crippen molar-refractivity contribution in [2.75, 3.05) is 0 Å². The van der Waals surface area contributed by atoms with Gasteiger partial charge in [-0.3, -0.25) is 0 Å². The number of fused-ring (bicyclic) bond motifs is 9. The van der Waals surface area contributed by atoms with E-state index in [9.17, 15) is 0 Å². The SMILES string of the molecule is c1ccc(-c2nc3c(ccc4c5ccc(-c6cccc(-c7nc(-c8cccc9ccccc89)c8ccccc8n7)c6)cc5n(-c5ccccc5)c43)c3ccccc23)cc1. The molecule has 0 saturated carbocycles. The highest BCUT2D eigenvalue weighted by Crippen LogP contribution is 2.42. The Hall–Kier alpha value is -7.95. The lowest BCUT2D eigenvalue weighted by Crippen LogP contribution is -1.97. The van der Waals surface area contributed by atoms with Crippen molar-refractivity contribution in [3.63, 3.8) is 0 Å². The Balaban J connectivity index is 1.07. The second kappa shape index (κ2) is 13.3. The zero-order valence-electron chi connectivity index (χ0n) is 31.9. The van der Waals surface area contributed by atoms with Crippen LogP contribution in [0.15, 0.2) is 206 Å². The summed E-state index contributed by atoms with van der Waals surface area (Å²) in [7, 11) is 0. The van der Waals surface area contributed by atoms with Gasteiger partial charge in [0.1, 0.15) is 0 Å². The minimum absolute atomic E-state index is 0.701. The van der Waals surface area contributed by atoms with Crippen molar-refractivity contribution >= 4 is 65.2 Å². The average molecular weight is 751 g/mol. The standard InChI is InChI=1S/C55H34N4/c1-3-16-36(17-4-1)51-45-25-10-9-24-42(45)46-31-32-47-43-30-29-38(34-50(43)59(54(47)53(46)57-51)40-21-5-2-6-22-40)37-19-13-20-39(33-37)55-56-49-28-12-11-26-48(49)52(58-55)44-27-14-18-35-15-7-8-23-41(35)44/h1-34H. The molecule has 0 unspecified atom stereocenters. The number of para-hydroxylation sites is 2. The van der Waals surface area contributed by atoms with Crippen LogP contribution in [-0.2, 0) is 0 Å². The minimum Gasteiger partial charge on any atom is -0.307 e. The van der Waals surface area contributed by atoms with Crippen LogP contribution in [0.1, 0.15) is 0 Å². The molecule has 59 heavy (non-hydrogen) atoms. The Morgan fingerprint density at radius 2 is 0.966 bits per heavy atom. The first-order valence-corrected chi connectivity index (χ1v) is 20.0. The van der Waals surface area contributed by atoms with E-state index >= 15 is 0 Å². The number of nitrogens with zero attached hydrogens (tertiary/aromatic N) is 4. The Morgan fingerprint density at radius 3 is 1.83 bits per heavy atom. The lowest BCUT2D eigenvalue weighted by Gasteiger charge is -2.14. The fourth-order valence-corrected chi connectivity index (χ4v) is 9.04. The van der Waals surface area contributed by atoms with Crippen LogP contribution in [0.4, 0.5) is 0 Å². The van der Waals surface area contributed by atoms with Crippen molar-refractivity contribution in [1.82, 2.24) is 19.5 Å². The van der Waals surface area contributed by atoms with Crippen LogP contribution in [0.25, 0.3) is 116 Å². The summed E-state index contributed by atoms with van der Waals surface area (Å²) in [5, 5.41) is 9.23. The highest BCUT2D eigenvalue weighted by Gasteiger charge is 2.20. The topological polar surface area (TPSA) is 43.6 Å². The summed E-state index contributed by atoms with van der Waals surface area (Å²) >= 11 is 0. The highest BCUT2D eigenvalue weighted by atomic mass is 15.0. The number of rotatable bonds is 5. The molecule has 0 saturated heterocycles. The molecule has 0 amide bonds. The summed E-state index contributed by atoms with van der Waals surface area (Å²) in [6.45, 7) is 0. The smallest absolute Gasteiger partial charge is 0.160 e. The molecule has 0 atom stereocenters. The fraction of sp³-hybridized carbons (Fsp3) is 0. The quantitative estimate of drug-likeness (QED) is 0.165. The summed E-state index contributed by atoms with van der Waals surface area (Å²) in [5.41, 5.74) is 12.5. The van der Waals surface area contributed by atoms with Crippen LogP contribution in [0.3, 0.4) is 0 Å². The lowest BCUT2D eigenvalue weighted by molar-refractivity contribution is 1.18. The third-order valence-electron chi connectivity index (χ3n) is 11.8. The van der Waals surface area contributed by atoms with E-state index in [1.807, 2.05) is 6.07 Å². The van der Waals surface area contributed by atoms with Gasteiger partial charge in [-0.15, -0.1) is 0 Å². The summed E-state index contributed by atoms with van der Waals surface area (Å²) in [5.74, 6) is 0.701. The molecule has 0 bridgehead atoms. The molecule has 3 heterocycles. The minimum atomic E-state index is 0.701. The average Bonchev–Trinajstić information content (AvgIpc) is 3.65. The fourth-order valence-electron chi connectivity index (χ4n) is 9.04. The van der Waals surface area contributed by atoms with Crippen molar-refractivity contribution < 1.29 is 0 Å². The molecular formula is C55H34N4. The predicted molar refractivity (Wildman–Crippen MR) is 246 cm³/mol. The molecular weight excluding hydrogens is 717 g/mol. The van der Waals surface area contributed by atoms with E-state index in [0.29, 0.717) is 5.82 Å². The maximum Gasteiger partial charge on any atom is 0.160 e. The van der Waals surface area contributed by atoms with E-state index in [0.717, 1.165) is 83.1 Å². The molecule has 0 spiro atoms. The van der Waals surface area contributed by atoms with Gasteiger partial charge in [-0.05, 0) is 57.6 Å². The molecule has 0 fully saturated rings. The highest BCUT2D eigenvalue weighted by molar-refractivity contribution is 6.23. The summed E-state index contributed by atoms with van der Waals surface area (Å²) in [6.07, 6.45) is 0. The van der Waals surface area contributed by atoms with Crippen molar-refractivity contribution in [2.24, 2.45) is 0 Å². The van der Waals surface area contributed by atoms with Gasteiger partial charge < -0.3 is 4.57 Å². The molecule has 0 aliphatic carbocycles. The number of hydrogen-bond acceptors (Lipinski definition) is 3. The van der Waals surface area contributed by atoms with Crippen LogP contribution in [0.2, 0.25) is 0 Å². The normalized spacial score (nSPS) is 11.7. The Morgan fingerprint density at radius 1 is 0.339 bits per heavy atom. The van der Waals surface area contributed by atoms with Gasteiger partial charge in [-0.1, -0.05) is 176 Å². The summed E-state index contributed by atoms with van der Waals surface area (Å²) in [6, 6.07) is 73.2. The van der Waals surface area contributed by atoms with Gasteiger partial charge in [0.05, 0.1) is 33.5 Å². The molecule has 12 rings (SSSR count). The van der Waals surface area contributed by atoms with Crippen molar-refractivity contribution in [1.29, 1.82) is 0 Å². The zero-order chi connectivity index (χ0) is 38.9. The number of pyridine rings is 1. The second-order valence-corrected chi connectivity index (χ2v) is 15.2. The van der Waals surface area contributed by atoms with Crippen LogP contribution in [-0.4, -0.2) is 19.5 Å². The monoisotopic (exact) mass is 750 g/mol. The molecule has 4 nitrogen and oxygen atoms in total. The molecule has 0 radical (unpaired) electrons. The van der Waals surface area contributed by atoms with Gasteiger partial charge in [0.2, 0.25) is 0 Å². The third-order valence-corrected chi connectivity index (χ3v) is 11.8. The Bertz CT molecular complexity index is 3600. The first kappa shape index (κ1) is 33.2. The molecule has 12 aromatic rings. The van der Waals surface area contributed by atoms with Gasteiger partial charge in [0.15, 0.2) is 5.82 Å². The first-order chi connectivity index (χ1) is 29.3. The van der Waals surface area contributed by atoms with Gasteiger partial charge in [0.25, 0.3) is 0 Å². The van der Waals surface area contributed by atoms with Crippen LogP contribution in [0, 0.1) is 0 Å². The molecule has 0 N–H and O–H groups in total. The van der Waals surface area contributed by atoms with E-state index in [2.05, 4.69) is 205 Å². The van der Waals surface area contributed by atoms with Crippen LogP contribution < -0.4 is 0 Å². The predicted octanol–water partition coefficient (Wildman–Crippen LogP) is 14.2. The van der Waals surface area contributed by atoms with Crippen molar-refractivity contribution in [3.05, 3.63) is 206 Å². The van der Waals surface area contributed by atoms with Gasteiger partial charge >= 0.3 is 0 Å². The van der Waals surface area contributed by atoms with Gasteiger partial charge in [-0.25, -0.2) is 15.0 Å². The van der Waals surface area contributed by atoms with Crippen molar-refractivity contribution in [2.45, 2.75) is 0 Å². The van der Waals surface area contributed by atoms with Gasteiger partial charge in [0, 0.05) is 49.3 Å². The number of aromatic nitrogens is 4. The zero-order valence-corrected chi connectivity index (χ0v) is 31.9. The lowest BCUT2D eigenvalue weighted by atomic mass is 9.98. The van der Waals surface area contributed by atoms with Crippen LogP contribution >= 0.6 is 0 Å². The summed E-state index contributed by atoms with van der Waals surface area (Å²) < 4.78 is 2.40. The molecule has 0 aliphatic rings. The third kappa shape index (κ3) is 5.34. The number of hydrogen-bond donors (Lipinski definition) is 0. The largest absolute Gasteiger partial charge is 0.307 e. The van der Waals surface area contributed by atoms with Crippen molar-refractivity contribution in [3.8, 4) is 50.7 Å². The van der Waals surface area contributed by atoms with E-state index in [-0.39, 0.29) is 0 Å².